The quantitative estimate of drug-likeness (QED) is 0.322. The molecule has 1 aliphatic heterocycles. The summed E-state index contributed by atoms with van der Waals surface area (Å²) in [5, 5.41) is 28.7. The van der Waals surface area contributed by atoms with Gasteiger partial charge in [0.1, 0.15) is 30.2 Å². The van der Waals surface area contributed by atoms with Crippen LogP contribution in [-0.2, 0) is 4.74 Å². The Labute approximate surface area is 136 Å². The van der Waals surface area contributed by atoms with E-state index in [0.29, 0.717) is 15.0 Å². The summed E-state index contributed by atoms with van der Waals surface area (Å²) < 4.78 is 6.79. The van der Waals surface area contributed by atoms with Gasteiger partial charge in [0.15, 0.2) is 8.98 Å². The van der Waals surface area contributed by atoms with Crippen molar-refractivity contribution in [1.29, 1.82) is 0 Å². The maximum Gasteiger partial charge on any atom is 0.254 e. The van der Waals surface area contributed by atoms with Gasteiger partial charge in [0.05, 0.1) is 6.61 Å². The lowest BCUT2D eigenvalue weighted by molar-refractivity contribution is -0.169. The molecule has 3 heterocycles. The van der Waals surface area contributed by atoms with Crippen LogP contribution in [0.3, 0.4) is 0 Å². The normalized spacial score (nSPS) is 29.2. The van der Waals surface area contributed by atoms with E-state index in [9.17, 15) is 10.2 Å². The number of halogens is 2. The first-order valence-corrected chi connectivity index (χ1v) is 7.32. The summed E-state index contributed by atoms with van der Waals surface area (Å²) in [5.41, 5.74) is 0.640. The molecule has 9 nitrogen and oxygen atoms in total. The lowest BCUT2D eigenvalue weighted by Gasteiger charge is -2.16. The highest BCUT2D eigenvalue weighted by Gasteiger charge is 2.44. The summed E-state index contributed by atoms with van der Waals surface area (Å²) in [5.74, 6) is 0. The molecule has 0 aromatic carbocycles. The predicted molar refractivity (Wildman–Crippen MR) is 77.4 cm³/mol. The largest absolute Gasteiger partial charge is 0.394 e. The first-order valence-electron chi connectivity index (χ1n) is 5.87. The summed E-state index contributed by atoms with van der Waals surface area (Å²) in [6, 6.07) is 0. The molecule has 4 atom stereocenters. The van der Waals surface area contributed by atoms with Crippen molar-refractivity contribution in [3.63, 3.8) is 0 Å². The number of aliphatic hydroxyl groups is 3. The average molecular weight is 429 g/mol. The van der Waals surface area contributed by atoms with Crippen LogP contribution in [0.15, 0.2) is 6.33 Å². The van der Waals surface area contributed by atoms with Gasteiger partial charge in [-0.05, 0) is 0 Å². The molecule has 0 amide bonds. The molecule has 1 aliphatic rings. The van der Waals surface area contributed by atoms with E-state index in [0.717, 1.165) is 0 Å². The molecule has 0 saturated carbocycles. The van der Waals surface area contributed by atoms with Crippen LogP contribution >= 0.6 is 34.2 Å². The highest BCUT2D eigenvalue weighted by molar-refractivity contribution is 14.1. The maximum atomic E-state index is 9.83. The van der Waals surface area contributed by atoms with E-state index >= 15 is 0 Å². The van der Waals surface area contributed by atoms with Gasteiger partial charge in [-0.25, -0.2) is 9.97 Å². The maximum absolute atomic E-state index is 9.83. The van der Waals surface area contributed by atoms with E-state index in [-0.39, 0.29) is 5.15 Å². The van der Waals surface area contributed by atoms with Gasteiger partial charge in [0.2, 0.25) is 5.65 Å². The minimum absolute atomic E-state index is 0.174. The highest BCUT2D eigenvalue weighted by Crippen LogP contribution is 2.23. The van der Waals surface area contributed by atoms with Crippen LogP contribution < -0.4 is 4.84 Å². The summed E-state index contributed by atoms with van der Waals surface area (Å²) in [7, 11) is 0. The van der Waals surface area contributed by atoms with Crippen molar-refractivity contribution in [2.45, 2.75) is 24.6 Å². The third-order valence-corrected chi connectivity index (χ3v) is 3.76. The van der Waals surface area contributed by atoms with Gasteiger partial charge < -0.3 is 24.9 Å². The van der Waals surface area contributed by atoms with Crippen LogP contribution in [0.5, 0.6) is 0 Å². The van der Waals surface area contributed by atoms with Crippen molar-refractivity contribution in [1.82, 2.24) is 19.7 Å². The highest BCUT2D eigenvalue weighted by atomic mass is 127. The van der Waals surface area contributed by atoms with E-state index in [1.807, 2.05) is 22.6 Å². The fourth-order valence-electron chi connectivity index (χ4n) is 1.96. The lowest BCUT2D eigenvalue weighted by Crippen LogP contribution is -2.38. The minimum atomic E-state index is -1.31. The Balaban J connectivity index is 1.89. The van der Waals surface area contributed by atoms with Crippen molar-refractivity contribution >= 4 is 45.4 Å². The molecule has 1 fully saturated rings. The molecule has 4 unspecified atom stereocenters. The zero-order valence-electron chi connectivity index (χ0n) is 10.3. The van der Waals surface area contributed by atoms with E-state index < -0.39 is 31.2 Å². The minimum Gasteiger partial charge on any atom is -0.394 e. The second-order valence-corrected chi connectivity index (χ2v) is 5.66. The van der Waals surface area contributed by atoms with E-state index in [1.165, 1.54) is 11.1 Å². The smallest absolute Gasteiger partial charge is 0.254 e. The van der Waals surface area contributed by atoms with Gasteiger partial charge in [-0.3, -0.25) is 0 Å². The second-order valence-electron chi connectivity index (χ2n) is 4.34. The van der Waals surface area contributed by atoms with Crippen molar-refractivity contribution < 1.29 is 24.9 Å². The van der Waals surface area contributed by atoms with Crippen LogP contribution in [-0.4, -0.2) is 66.2 Å². The molecular formula is C10H10ClIN4O5. The van der Waals surface area contributed by atoms with Crippen molar-refractivity contribution in [3.8, 4) is 0 Å². The van der Waals surface area contributed by atoms with Crippen LogP contribution in [0.1, 0.15) is 0 Å². The van der Waals surface area contributed by atoms with Crippen LogP contribution in [0, 0.1) is 3.83 Å². The molecular weight excluding hydrogens is 418 g/mol. The standard InChI is InChI=1S/C10H10ClIN4O5/c11-7-4-8(15-10(12)14-7)16(2-13-4)21-9-6(19)5(18)3(1-17)20-9/h2-3,5-6,9,17-19H,1H2. The number of nitrogens with zero attached hydrogens (tertiary/aromatic N) is 4. The summed E-state index contributed by atoms with van der Waals surface area (Å²) in [6.45, 7) is -0.436. The van der Waals surface area contributed by atoms with Crippen molar-refractivity contribution in [2.75, 3.05) is 6.61 Å². The molecule has 11 heteroatoms. The number of hydrogen-bond acceptors (Lipinski definition) is 8. The predicted octanol–water partition coefficient (Wildman–Crippen LogP) is -1.05. The summed E-state index contributed by atoms with van der Waals surface area (Å²) in [4.78, 5) is 17.5. The van der Waals surface area contributed by atoms with Crippen molar-refractivity contribution in [2.24, 2.45) is 0 Å². The molecule has 21 heavy (non-hydrogen) atoms. The van der Waals surface area contributed by atoms with Gasteiger partial charge in [0.25, 0.3) is 6.29 Å². The Kier molecular flexibility index (Phi) is 4.16. The van der Waals surface area contributed by atoms with E-state index in [4.69, 9.17) is 26.3 Å². The van der Waals surface area contributed by atoms with Crippen LogP contribution in [0.2, 0.25) is 5.15 Å². The molecule has 3 rings (SSSR count). The number of aromatic nitrogens is 4. The van der Waals surface area contributed by atoms with Gasteiger partial charge in [0, 0.05) is 22.6 Å². The third-order valence-electron chi connectivity index (χ3n) is 3.01. The molecule has 114 valence electrons. The molecule has 3 N–H and O–H groups in total. The number of hydrogen-bond donors (Lipinski definition) is 3. The summed E-state index contributed by atoms with van der Waals surface area (Å²) >= 11 is 7.84. The lowest BCUT2D eigenvalue weighted by atomic mass is 10.1. The van der Waals surface area contributed by atoms with Crippen LogP contribution in [0.4, 0.5) is 0 Å². The van der Waals surface area contributed by atoms with E-state index in [1.54, 1.807) is 0 Å². The van der Waals surface area contributed by atoms with Gasteiger partial charge in [-0.1, -0.05) is 11.6 Å². The first kappa shape index (κ1) is 15.1. The van der Waals surface area contributed by atoms with E-state index in [2.05, 4.69) is 15.0 Å². The molecule has 0 bridgehead atoms. The van der Waals surface area contributed by atoms with Crippen molar-refractivity contribution in [3.05, 3.63) is 15.3 Å². The Morgan fingerprint density at radius 3 is 2.81 bits per heavy atom. The van der Waals surface area contributed by atoms with Crippen LogP contribution in [0.25, 0.3) is 11.2 Å². The van der Waals surface area contributed by atoms with Gasteiger partial charge >= 0.3 is 0 Å². The summed E-state index contributed by atoms with van der Waals surface area (Å²) in [6.07, 6.45) is -3.33. The Bertz CT molecular complexity index is 670. The fraction of sp³-hybridized carbons (Fsp3) is 0.500. The van der Waals surface area contributed by atoms with Gasteiger partial charge in [-0.15, -0.1) is 4.73 Å². The first-order chi connectivity index (χ1) is 10.0. The molecule has 2 aromatic rings. The Hall–Kier alpha value is -0.790. The average Bonchev–Trinajstić information content (AvgIpc) is 2.96. The zero-order valence-corrected chi connectivity index (χ0v) is 13.2. The topological polar surface area (TPSA) is 123 Å². The second kappa shape index (κ2) is 5.78. The molecule has 2 aromatic heterocycles. The number of rotatable bonds is 3. The molecule has 0 aliphatic carbocycles. The Morgan fingerprint density at radius 2 is 2.14 bits per heavy atom. The zero-order chi connectivity index (χ0) is 15.1. The Morgan fingerprint density at radius 1 is 1.38 bits per heavy atom. The number of aliphatic hydroxyl groups excluding tert-OH is 3. The van der Waals surface area contributed by atoms with Gasteiger partial charge in [-0.2, -0.15) is 4.98 Å². The third kappa shape index (κ3) is 2.66. The molecule has 1 saturated heterocycles. The fourth-order valence-corrected chi connectivity index (χ4v) is 2.79. The SMILES string of the molecule is OCC1OC(On2cnc3c(Cl)nc(I)nc32)C(O)C1O. The molecule has 0 radical (unpaired) electrons. The number of ether oxygens (including phenoxy) is 1. The number of fused-ring (bicyclic) bond motifs is 1. The molecule has 0 spiro atoms. The number of imidazole rings is 1. The monoisotopic (exact) mass is 428 g/mol.